The Hall–Kier alpha value is 0.793. The fraction of sp³-hybridized carbons (Fsp3) is 0. The van der Waals surface area contributed by atoms with Crippen LogP contribution in [0.25, 0.3) is 21.5 Å². The van der Waals surface area contributed by atoms with E-state index >= 15 is 0 Å². The zero-order valence-electron chi connectivity index (χ0n) is 9.13. The summed E-state index contributed by atoms with van der Waals surface area (Å²) in [5.41, 5.74) is 0. The van der Waals surface area contributed by atoms with Crippen LogP contribution in [0.2, 0.25) is 0 Å². The summed E-state index contributed by atoms with van der Waals surface area (Å²) in [6.45, 7) is 0. The summed E-state index contributed by atoms with van der Waals surface area (Å²) >= 11 is 2.35. The standard InChI is InChI=1S/C13H8I.3ClH.Zr/c14-11-5-6-13-10(8-11)7-9-3-1-2-4-12(9)13;;;;/h1-8H;3*1H;/q-1;;;;+4/p-3. The molecule has 0 bridgehead atoms. The molecule has 0 aliphatic carbocycles. The van der Waals surface area contributed by atoms with Crippen molar-refractivity contribution in [2.24, 2.45) is 0 Å². The monoisotopic (exact) mass is 486 g/mol. The van der Waals surface area contributed by atoms with E-state index in [0.29, 0.717) is 0 Å². The van der Waals surface area contributed by atoms with Crippen LogP contribution < -0.4 is 37.2 Å². The van der Waals surface area contributed by atoms with Crippen LogP contribution in [-0.4, -0.2) is 0 Å². The van der Waals surface area contributed by atoms with Crippen molar-refractivity contribution in [1.29, 1.82) is 0 Å². The molecule has 0 amide bonds. The maximum absolute atomic E-state index is 2.35. The predicted molar refractivity (Wildman–Crippen MR) is 69.8 cm³/mol. The Labute approximate surface area is 158 Å². The molecular weight excluding hydrogens is 481 g/mol. The van der Waals surface area contributed by atoms with Gasteiger partial charge in [-0.1, -0.05) is 52.9 Å². The fourth-order valence-corrected chi connectivity index (χ4v) is 2.45. The Morgan fingerprint density at radius 3 is 2.11 bits per heavy atom. The molecule has 92 valence electrons. The third-order valence-corrected chi connectivity index (χ3v) is 3.25. The summed E-state index contributed by atoms with van der Waals surface area (Å²) in [7, 11) is 0. The normalized spacial score (nSPS) is 8.72. The van der Waals surface area contributed by atoms with Gasteiger partial charge in [-0.15, -0.1) is 39.7 Å². The predicted octanol–water partition coefficient (Wildman–Crippen LogP) is -4.67. The van der Waals surface area contributed by atoms with Crippen LogP contribution in [0, 0.1) is 3.57 Å². The molecule has 0 heterocycles. The minimum absolute atomic E-state index is 0. The van der Waals surface area contributed by atoms with Gasteiger partial charge < -0.3 is 37.2 Å². The van der Waals surface area contributed by atoms with Crippen LogP contribution in [-0.2, 0) is 26.2 Å². The van der Waals surface area contributed by atoms with Crippen molar-refractivity contribution < 1.29 is 63.4 Å². The van der Waals surface area contributed by atoms with Gasteiger partial charge in [-0.05, 0) is 3.57 Å². The summed E-state index contributed by atoms with van der Waals surface area (Å²) < 4.78 is 1.30. The van der Waals surface area contributed by atoms with Crippen LogP contribution in [0.5, 0.6) is 0 Å². The van der Waals surface area contributed by atoms with Crippen LogP contribution in [0.3, 0.4) is 0 Å². The van der Waals surface area contributed by atoms with E-state index in [4.69, 9.17) is 0 Å². The Balaban J connectivity index is 0. The van der Waals surface area contributed by atoms with E-state index in [2.05, 4.69) is 71.1 Å². The Kier molecular flexibility index (Phi) is 10.4. The van der Waals surface area contributed by atoms with E-state index in [1.807, 2.05) is 0 Å². The van der Waals surface area contributed by atoms with Gasteiger partial charge >= 0.3 is 26.2 Å². The van der Waals surface area contributed by atoms with E-state index in [0.717, 1.165) is 0 Å². The molecule has 18 heavy (non-hydrogen) atoms. The van der Waals surface area contributed by atoms with Crippen molar-refractivity contribution in [1.82, 2.24) is 0 Å². The molecule has 3 aromatic rings. The molecule has 0 saturated carbocycles. The first-order valence-electron chi connectivity index (χ1n) is 4.58. The second-order valence-electron chi connectivity index (χ2n) is 3.46. The molecule has 3 aromatic carbocycles. The molecule has 0 saturated heterocycles. The molecule has 5 heteroatoms. The number of rotatable bonds is 0. The average Bonchev–Trinajstić information content (AvgIpc) is 2.54. The summed E-state index contributed by atoms with van der Waals surface area (Å²) in [5, 5.41) is 5.41. The van der Waals surface area contributed by atoms with E-state index in [1.165, 1.54) is 25.1 Å². The van der Waals surface area contributed by atoms with E-state index in [1.54, 1.807) is 0 Å². The van der Waals surface area contributed by atoms with Crippen molar-refractivity contribution in [2.75, 3.05) is 0 Å². The van der Waals surface area contributed by atoms with Gasteiger partial charge in [-0.25, -0.2) is 0 Å². The Morgan fingerprint density at radius 1 is 0.778 bits per heavy atom. The third kappa shape index (κ3) is 3.89. The van der Waals surface area contributed by atoms with Gasteiger partial charge in [0.05, 0.1) is 0 Å². The van der Waals surface area contributed by atoms with Gasteiger partial charge in [0.1, 0.15) is 0 Å². The first-order chi connectivity index (χ1) is 6.84. The van der Waals surface area contributed by atoms with Gasteiger partial charge in [0.15, 0.2) is 0 Å². The zero-order chi connectivity index (χ0) is 9.54. The number of halogens is 4. The number of fused-ring (bicyclic) bond motifs is 3. The maximum atomic E-state index is 2.35. The largest absolute Gasteiger partial charge is 4.00 e. The van der Waals surface area contributed by atoms with Crippen LogP contribution in [0.1, 0.15) is 0 Å². The summed E-state index contributed by atoms with van der Waals surface area (Å²) in [5.74, 6) is 0. The number of hydrogen-bond donors (Lipinski definition) is 0. The van der Waals surface area contributed by atoms with E-state index in [-0.39, 0.29) is 63.4 Å². The molecule has 0 unspecified atom stereocenters. The van der Waals surface area contributed by atoms with Gasteiger partial charge in [0.25, 0.3) is 0 Å². The van der Waals surface area contributed by atoms with Gasteiger partial charge in [-0.2, -0.15) is 0 Å². The van der Waals surface area contributed by atoms with Gasteiger partial charge in [-0.3, -0.25) is 0 Å². The van der Waals surface area contributed by atoms with Crippen molar-refractivity contribution in [2.45, 2.75) is 0 Å². The summed E-state index contributed by atoms with van der Waals surface area (Å²) in [4.78, 5) is 0. The fourth-order valence-electron chi connectivity index (χ4n) is 1.93. The van der Waals surface area contributed by atoms with Gasteiger partial charge in [0.2, 0.25) is 0 Å². The number of benzene rings is 2. The molecule has 3 rings (SSSR count). The molecule has 0 spiro atoms. The molecular formula is C13H8Cl3IZr. The minimum Gasteiger partial charge on any atom is -1.00 e. The van der Waals surface area contributed by atoms with Crippen molar-refractivity contribution in [3.63, 3.8) is 0 Å². The summed E-state index contributed by atoms with van der Waals surface area (Å²) in [6.07, 6.45) is 0. The molecule has 0 nitrogen and oxygen atoms in total. The smallest absolute Gasteiger partial charge is 1.00 e. The van der Waals surface area contributed by atoms with Crippen molar-refractivity contribution >= 4 is 44.1 Å². The maximum Gasteiger partial charge on any atom is 4.00 e. The van der Waals surface area contributed by atoms with Crippen LogP contribution >= 0.6 is 22.6 Å². The second kappa shape index (κ2) is 8.86. The van der Waals surface area contributed by atoms with E-state index in [9.17, 15) is 0 Å². The molecule has 0 atom stereocenters. The van der Waals surface area contributed by atoms with Crippen molar-refractivity contribution in [3.05, 3.63) is 52.1 Å². The quantitative estimate of drug-likeness (QED) is 0.221. The van der Waals surface area contributed by atoms with Gasteiger partial charge in [0, 0.05) is 0 Å². The molecule has 0 N–H and O–H groups in total. The summed E-state index contributed by atoms with van der Waals surface area (Å²) in [6, 6.07) is 17.4. The molecule has 0 aliphatic heterocycles. The minimum atomic E-state index is 0. The van der Waals surface area contributed by atoms with Crippen molar-refractivity contribution in [3.8, 4) is 0 Å². The zero-order valence-corrected chi connectivity index (χ0v) is 16.0. The van der Waals surface area contributed by atoms with Crippen LogP contribution in [0.15, 0.2) is 48.5 Å². The third-order valence-electron chi connectivity index (χ3n) is 2.58. The van der Waals surface area contributed by atoms with E-state index < -0.39 is 0 Å². The average molecular weight is 489 g/mol. The molecule has 0 fully saturated rings. The molecule has 0 aliphatic rings. The number of hydrogen-bond acceptors (Lipinski definition) is 0. The first-order valence-corrected chi connectivity index (χ1v) is 5.66. The Bertz CT molecular complexity index is 622. The molecule has 0 radical (unpaired) electrons. The second-order valence-corrected chi connectivity index (χ2v) is 4.71. The molecule has 0 aromatic heterocycles. The topological polar surface area (TPSA) is 0 Å². The Morgan fingerprint density at radius 2 is 1.39 bits per heavy atom. The SMILES string of the molecule is Ic1ccc2c(c1)[cH-]c1ccccc12.[Cl-].[Cl-].[Cl-].[Zr+4]. The van der Waals surface area contributed by atoms with Crippen LogP contribution in [0.4, 0.5) is 0 Å². The first kappa shape index (κ1) is 21.1.